The molecule has 1 fully saturated rings. The van der Waals surface area contributed by atoms with Gasteiger partial charge in [-0.05, 0) is 18.6 Å². The molecule has 8 rings (SSSR count). The number of para-hydroxylation sites is 2. The van der Waals surface area contributed by atoms with Crippen LogP contribution in [0.4, 0.5) is 0 Å². The molecule has 6 nitrogen and oxygen atoms in total. The minimum atomic E-state index is -0.940. The molecule has 6 heteroatoms. The summed E-state index contributed by atoms with van der Waals surface area (Å²) in [6.45, 7) is 0. The van der Waals surface area contributed by atoms with Gasteiger partial charge in [0.15, 0.2) is 5.88 Å². The molecule has 1 aliphatic carbocycles. The zero-order chi connectivity index (χ0) is 21.4. The Morgan fingerprint density at radius 3 is 2.34 bits per heavy atom. The third kappa shape index (κ3) is 1.60. The molecule has 2 aliphatic rings. The first-order valence-corrected chi connectivity index (χ1v) is 11.0. The van der Waals surface area contributed by atoms with Crippen molar-refractivity contribution < 1.29 is 5.11 Å². The molecule has 0 spiro atoms. The topological polar surface area (TPSA) is 95.7 Å². The van der Waals surface area contributed by atoms with Crippen LogP contribution in [-0.2, 0) is 0 Å². The van der Waals surface area contributed by atoms with E-state index in [0.29, 0.717) is 6.42 Å². The number of nitrogens with zero attached hydrogens (tertiary/aromatic N) is 3. The predicted molar refractivity (Wildman–Crippen MR) is 126 cm³/mol. The van der Waals surface area contributed by atoms with Gasteiger partial charge in [0, 0.05) is 56.6 Å². The average molecular weight is 417 g/mol. The molecule has 0 radical (unpaired) electrons. The van der Waals surface area contributed by atoms with E-state index in [2.05, 4.69) is 50.5 Å². The maximum atomic E-state index is 10.9. The lowest BCUT2D eigenvalue weighted by Crippen LogP contribution is -2.43. The molecular weight excluding hydrogens is 398 g/mol. The van der Waals surface area contributed by atoms with Crippen molar-refractivity contribution in [2.45, 2.75) is 30.5 Å². The predicted octanol–water partition coefficient (Wildman–Crippen LogP) is 5.20. The summed E-state index contributed by atoms with van der Waals surface area (Å²) in [6, 6.07) is 19.2. The molecule has 1 aliphatic heterocycles. The Morgan fingerprint density at radius 2 is 1.59 bits per heavy atom. The molecule has 0 saturated heterocycles. The molecule has 0 amide bonds. The first kappa shape index (κ1) is 16.7. The summed E-state index contributed by atoms with van der Waals surface area (Å²) in [5.41, 5.74) is 10.3. The fourth-order valence-corrected chi connectivity index (χ4v) is 6.81. The Hall–Kier alpha value is -3.95. The van der Waals surface area contributed by atoms with Gasteiger partial charge in [0.25, 0.3) is 0 Å². The van der Waals surface area contributed by atoms with Crippen molar-refractivity contribution in [3.8, 4) is 11.9 Å². The number of nitriles is 1. The summed E-state index contributed by atoms with van der Waals surface area (Å²) in [5.74, 6) is 0.196. The number of hydrogen-bond acceptors (Lipinski definition) is 3. The highest BCUT2D eigenvalue weighted by Crippen LogP contribution is 2.56. The van der Waals surface area contributed by atoms with E-state index in [1.165, 1.54) is 0 Å². The van der Waals surface area contributed by atoms with Gasteiger partial charge in [0.05, 0.1) is 28.5 Å². The van der Waals surface area contributed by atoms with Gasteiger partial charge in [-0.3, -0.25) is 0 Å². The van der Waals surface area contributed by atoms with Gasteiger partial charge in [0.2, 0.25) is 0 Å². The quantitative estimate of drug-likeness (QED) is 0.317. The molecule has 6 aromatic rings. The maximum absolute atomic E-state index is 10.9. The Kier molecular flexibility index (Phi) is 2.66. The van der Waals surface area contributed by atoms with E-state index >= 15 is 0 Å². The van der Waals surface area contributed by atoms with Crippen molar-refractivity contribution in [1.29, 1.82) is 5.26 Å². The van der Waals surface area contributed by atoms with Crippen molar-refractivity contribution >= 4 is 54.4 Å². The van der Waals surface area contributed by atoms with E-state index in [1.54, 1.807) is 0 Å². The number of nitrogens with two attached hydrogens (primary N) is 1. The smallest absolute Gasteiger partial charge is 0.197 e. The van der Waals surface area contributed by atoms with Crippen LogP contribution in [0, 0.1) is 11.3 Å². The Balaban J connectivity index is 1.81. The molecule has 4 heterocycles. The Morgan fingerprint density at radius 1 is 0.938 bits per heavy atom. The first-order valence-electron chi connectivity index (χ1n) is 11.0. The second-order valence-electron chi connectivity index (χ2n) is 9.41. The van der Waals surface area contributed by atoms with Crippen LogP contribution in [0.2, 0.25) is 0 Å². The largest absolute Gasteiger partial charge is 0.494 e. The zero-order valence-electron chi connectivity index (χ0n) is 17.1. The van der Waals surface area contributed by atoms with E-state index in [0.717, 1.165) is 60.8 Å². The molecule has 3 aromatic heterocycles. The van der Waals surface area contributed by atoms with Crippen LogP contribution in [0.15, 0.2) is 54.7 Å². The van der Waals surface area contributed by atoms with Crippen LogP contribution < -0.4 is 5.73 Å². The van der Waals surface area contributed by atoms with Crippen molar-refractivity contribution in [2.75, 3.05) is 0 Å². The monoisotopic (exact) mass is 417 g/mol. The number of nitrogens with one attached hydrogen (secondary N) is 1. The SMILES string of the molecule is N#C[C@@]1(N)C[C@H]2C[C@@H]1n1c3ccccc3c3c4c[nH]c(O)c4c4c5ccccc5n2c4c31. The van der Waals surface area contributed by atoms with Crippen molar-refractivity contribution in [1.82, 2.24) is 14.1 Å². The average Bonchev–Trinajstić information content (AvgIpc) is 3.51. The highest BCUT2D eigenvalue weighted by molar-refractivity contribution is 6.37. The van der Waals surface area contributed by atoms with Gasteiger partial charge in [0.1, 0.15) is 5.54 Å². The molecule has 32 heavy (non-hydrogen) atoms. The van der Waals surface area contributed by atoms with E-state index < -0.39 is 5.54 Å². The van der Waals surface area contributed by atoms with E-state index in [1.807, 2.05) is 24.4 Å². The van der Waals surface area contributed by atoms with Gasteiger partial charge in [-0.2, -0.15) is 5.26 Å². The number of benzene rings is 3. The number of H-pyrrole nitrogens is 1. The molecule has 0 unspecified atom stereocenters. The van der Waals surface area contributed by atoms with E-state index in [4.69, 9.17) is 5.73 Å². The fraction of sp³-hybridized carbons (Fsp3) is 0.192. The number of fused-ring (bicyclic) bond motifs is 13. The van der Waals surface area contributed by atoms with Gasteiger partial charge < -0.3 is 25.0 Å². The fourth-order valence-electron chi connectivity index (χ4n) is 6.81. The molecule has 154 valence electrons. The van der Waals surface area contributed by atoms with Crippen molar-refractivity contribution in [3.05, 3.63) is 54.7 Å². The van der Waals surface area contributed by atoms with Gasteiger partial charge in [-0.15, -0.1) is 0 Å². The summed E-state index contributed by atoms with van der Waals surface area (Å²) < 4.78 is 4.74. The van der Waals surface area contributed by atoms with Crippen molar-refractivity contribution in [3.63, 3.8) is 0 Å². The molecule has 1 saturated carbocycles. The van der Waals surface area contributed by atoms with Gasteiger partial charge in [-0.1, -0.05) is 36.4 Å². The van der Waals surface area contributed by atoms with E-state index in [-0.39, 0.29) is 18.0 Å². The van der Waals surface area contributed by atoms with Crippen LogP contribution in [0.1, 0.15) is 24.9 Å². The molecule has 3 aromatic carbocycles. The third-order valence-electron chi connectivity index (χ3n) is 7.97. The highest BCUT2D eigenvalue weighted by atomic mass is 16.3. The Labute approximate surface area is 182 Å². The number of aromatic nitrogens is 3. The molecule has 4 N–H and O–H groups in total. The minimum absolute atomic E-state index is 0.118. The molecule has 3 atom stereocenters. The molecular formula is C26H19N5O. The standard InChI is InChI=1S/C26H19N5O/c27-12-26(28)10-13-9-19(26)31-18-8-4-1-5-14(18)20-16-11-29-25(32)22(16)21-15-6-2-3-7-17(15)30(13)24(21)23(20)31/h1-8,11,13,19,29,32H,9-10,28H2/t13-,19+,26+/m1/s1. The van der Waals surface area contributed by atoms with Crippen LogP contribution in [0.25, 0.3) is 54.4 Å². The van der Waals surface area contributed by atoms with Gasteiger partial charge in [-0.25, -0.2) is 0 Å². The summed E-state index contributed by atoms with van der Waals surface area (Å²) in [4.78, 5) is 3.07. The van der Waals surface area contributed by atoms with Crippen molar-refractivity contribution in [2.24, 2.45) is 5.73 Å². The zero-order valence-corrected chi connectivity index (χ0v) is 17.1. The minimum Gasteiger partial charge on any atom is -0.494 e. The van der Waals surface area contributed by atoms with Gasteiger partial charge >= 0.3 is 0 Å². The lowest BCUT2D eigenvalue weighted by Gasteiger charge is -2.27. The summed E-state index contributed by atoms with van der Waals surface area (Å²) in [6.07, 6.45) is 3.32. The summed E-state index contributed by atoms with van der Waals surface area (Å²) in [7, 11) is 0. The second kappa shape index (κ2) is 5.09. The Bertz CT molecular complexity index is 1850. The highest BCUT2D eigenvalue weighted by Gasteiger charge is 2.50. The number of aromatic amines is 1. The summed E-state index contributed by atoms with van der Waals surface area (Å²) >= 11 is 0. The lowest BCUT2D eigenvalue weighted by molar-refractivity contribution is 0.406. The molecule has 2 bridgehead atoms. The maximum Gasteiger partial charge on any atom is 0.197 e. The normalized spacial score (nSPS) is 24.4. The number of aromatic hydroxyl groups is 1. The van der Waals surface area contributed by atoms with Crippen LogP contribution >= 0.6 is 0 Å². The van der Waals surface area contributed by atoms with Crippen LogP contribution in [-0.4, -0.2) is 24.8 Å². The lowest BCUT2D eigenvalue weighted by atomic mass is 9.95. The number of hydrogen-bond donors (Lipinski definition) is 3. The summed E-state index contributed by atoms with van der Waals surface area (Å²) in [5, 5.41) is 27.4. The second-order valence-corrected chi connectivity index (χ2v) is 9.41. The third-order valence-corrected chi connectivity index (χ3v) is 7.97. The number of rotatable bonds is 0. The first-order chi connectivity index (χ1) is 15.6. The van der Waals surface area contributed by atoms with E-state index in [9.17, 15) is 10.4 Å². The van der Waals surface area contributed by atoms with Crippen LogP contribution in [0.5, 0.6) is 5.88 Å². The van der Waals surface area contributed by atoms with Crippen LogP contribution in [0.3, 0.4) is 0 Å².